The summed E-state index contributed by atoms with van der Waals surface area (Å²) in [6.07, 6.45) is 1.41. The van der Waals surface area contributed by atoms with Gasteiger partial charge in [0.1, 0.15) is 36.2 Å². The van der Waals surface area contributed by atoms with Crippen LogP contribution in [0.4, 0.5) is 0 Å². The van der Waals surface area contributed by atoms with E-state index in [0.29, 0.717) is 52.5 Å². The molecule has 0 unspecified atom stereocenters. The van der Waals surface area contributed by atoms with Crippen LogP contribution in [0.3, 0.4) is 0 Å². The summed E-state index contributed by atoms with van der Waals surface area (Å²) < 4.78 is 36.5. The molecule has 0 heterocycles. The Labute approximate surface area is 265 Å². The van der Waals surface area contributed by atoms with Crippen LogP contribution in [0, 0.1) is 0 Å². The van der Waals surface area contributed by atoms with Crippen molar-refractivity contribution in [3.05, 3.63) is 116 Å². The van der Waals surface area contributed by atoms with Crippen molar-refractivity contribution in [2.45, 2.75) is 12.8 Å². The van der Waals surface area contributed by atoms with Gasteiger partial charge in [0.25, 0.3) is 0 Å². The Bertz CT molecular complexity index is 1410. The van der Waals surface area contributed by atoms with Gasteiger partial charge in [0.2, 0.25) is 0 Å². The van der Waals surface area contributed by atoms with Gasteiger partial charge in [-0.1, -0.05) is 60.7 Å². The van der Waals surface area contributed by atoms with Gasteiger partial charge in [-0.05, 0) is 78.4 Å². The lowest BCUT2D eigenvalue weighted by atomic mass is 10.0. The summed E-state index contributed by atoms with van der Waals surface area (Å²) in [5.41, 5.74) is 4.36. The second-order valence-corrected chi connectivity index (χ2v) is 11.1. The lowest BCUT2D eigenvalue weighted by Crippen LogP contribution is -2.14. The second kappa shape index (κ2) is 17.2. The lowest BCUT2D eigenvalue weighted by Gasteiger charge is -2.15. The van der Waals surface area contributed by atoms with Gasteiger partial charge >= 0.3 is 0 Å². The Hall–Kier alpha value is -3.04. The van der Waals surface area contributed by atoms with Crippen molar-refractivity contribution in [2.75, 3.05) is 53.9 Å². The number of hydrogen-bond acceptors (Lipinski definition) is 6. The van der Waals surface area contributed by atoms with E-state index in [2.05, 4.69) is 56.1 Å². The van der Waals surface area contributed by atoms with Crippen LogP contribution >= 0.6 is 31.9 Å². The van der Waals surface area contributed by atoms with E-state index in [1.165, 1.54) is 0 Å². The first-order valence-corrected chi connectivity index (χ1v) is 15.4. The molecule has 42 heavy (non-hydrogen) atoms. The van der Waals surface area contributed by atoms with Crippen molar-refractivity contribution in [3.63, 3.8) is 0 Å². The molecule has 0 aliphatic heterocycles. The maximum Gasteiger partial charge on any atom is 0.137 e. The minimum atomic E-state index is 0.435. The van der Waals surface area contributed by atoms with Crippen LogP contribution in [-0.4, -0.2) is 53.9 Å². The van der Waals surface area contributed by atoms with E-state index in [0.717, 1.165) is 54.2 Å². The van der Waals surface area contributed by atoms with Crippen molar-refractivity contribution in [3.8, 4) is 23.0 Å². The van der Waals surface area contributed by atoms with Crippen LogP contribution in [-0.2, 0) is 22.3 Å². The highest BCUT2D eigenvalue weighted by atomic mass is 79.9. The van der Waals surface area contributed by atoms with E-state index in [9.17, 15) is 0 Å². The predicted octanol–water partition coefficient (Wildman–Crippen LogP) is 7.90. The van der Waals surface area contributed by atoms with Crippen molar-refractivity contribution < 1.29 is 28.4 Å². The molecule has 222 valence electrons. The maximum absolute atomic E-state index is 6.10. The molecular formula is C34H36Br2O6. The SMILES string of the molecule is COc1ccccc1Cc1cccc(Br)c1OCCOCCOCCOc1ccccc1Cc1cccc(Br)c1OC. The third-order valence-corrected chi connectivity index (χ3v) is 7.81. The molecule has 4 rings (SSSR count). The number of para-hydroxylation sites is 4. The average molecular weight is 700 g/mol. The van der Waals surface area contributed by atoms with Gasteiger partial charge in [0.15, 0.2) is 0 Å². The molecule has 0 saturated carbocycles. The van der Waals surface area contributed by atoms with Gasteiger partial charge in [-0.25, -0.2) is 0 Å². The van der Waals surface area contributed by atoms with Gasteiger partial charge in [-0.15, -0.1) is 0 Å². The van der Waals surface area contributed by atoms with Crippen molar-refractivity contribution in [1.82, 2.24) is 0 Å². The summed E-state index contributed by atoms with van der Waals surface area (Å²) in [5, 5.41) is 0. The minimum Gasteiger partial charge on any atom is -0.496 e. The topological polar surface area (TPSA) is 55.4 Å². The number of rotatable bonds is 17. The molecule has 4 aromatic rings. The summed E-state index contributed by atoms with van der Waals surface area (Å²) >= 11 is 7.19. The molecule has 0 amide bonds. The van der Waals surface area contributed by atoms with Crippen LogP contribution in [0.1, 0.15) is 22.3 Å². The molecule has 4 aromatic carbocycles. The minimum absolute atomic E-state index is 0.435. The molecule has 0 aliphatic rings. The van der Waals surface area contributed by atoms with E-state index in [1.54, 1.807) is 14.2 Å². The Kier molecular flexibility index (Phi) is 13.0. The normalized spacial score (nSPS) is 10.9. The van der Waals surface area contributed by atoms with Crippen LogP contribution in [0.5, 0.6) is 23.0 Å². The molecule has 0 bridgehead atoms. The smallest absolute Gasteiger partial charge is 0.137 e. The van der Waals surface area contributed by atoms with Crippen LogP contribution < -0.4 is 18.9 Å². The van der Waals surface area contributed by atoms with Gasteiger partial charge in [0, 0.05) is 12.8 Å². The van der Waals surface area contributed by atoms with Crippen molar-refractivity contribution >= 4 is 31.9 Å². The second-order valence-electron chi connectivity index (χ2n) is 9.36. The third kappa shape index (κ3) is 9.23. The highest BCUT2D eigenvalue weighted by Crippen LogP contribution is 2.33. The fourth-order valence-electron chi connectivity index (χ4n) is 4.56. The molecule has 8 heteroatoms. The van der Waals surface area contributed by atoms with Crippen molar-refractivity contribution in [2.24, 2.45) is 0 Å². The molecule has 0 fully saturated rings. The fraction of sp³-hybridized carbons (Fsp3) is 0.294. The molecule has 0 spiro atoms. The van der Waals surface area contributed by atoms with E-state index >= 15 is 0 Å². The van der Waals surface area contributed by atoms with Crippen molar-refractivity contribution in [1.29, 1.82) is 0 Å². The van der Waals surface area contributed by atoms with E-state index < -0.39 is 0 Å². The Balaban J connectivity index is 1.14. The zero-order chi connectivity index (χ0) is 29.6. The molecule has 0 N–H and O–H groups in total. The van der Waals surface area contributed by atoms with E-state index in [4.69, 9.17) is 28.4 Å². The Morgan fingerprint density at radius 3 is 1.55 bits per heavy atom. The zero-order valence-corrected chi connectivity index (χ0v) is 27.1. The summed E-state index contributed by atoms with van der Waals surface area (Å²) in [6.45, 7) is 2.78. The summed E-state index contributed by atoms with van der Waals surface area (Å²) in [6, 6.07) is 28.2. The van der Waals surface area contributed by atoms with Gasteiger partial charge < -0.3 is 28.4 Å². The first-order chi connectivity index (χ1) is 20.6. The summed E-state index contributed by atoms with van der Waals surface area (Å²) in [5.74, 6) is 3.36. The molecule has 0 aromatic heterocycles. The van der Waals surface area contributed by atoms with Gasteiger partial charge in [-0.2, -0.15) is 0 Å². The summed E-state index contributed by atoms with van der Waals surface area (Å²) in [4.78, 5) is 0. The highest BCUT2D eigenvalue weighted by Gasteiger charge is 2.12. The number of methoxy groups -OCH3 is 2. The zero-order valence-electron chi connectivity index (χ0n) is 23.9. The molecule has 0 atom stereocenters. The standard InChI is InChI=1S/C34H36Br2O6/c1-37-31-15-5-3-9-25(31)23-28-12-8-14-30(36)34(28)42-22-20-40-18-17-39-19-21-41-32-16-6-4-10-26(32)24-27-11-7-13-29(35)33(27)38-2/h3-16H,17-24H2,1-2H3. The quantitative estimate of drug-likeness (QED) is 0.105. The maximum atomic E-state index is 6.10. The number of halogens is 2. The van der Waals surface area contributed by atoms with E-state index in [-0.39, 0.29) is 0 Å². The highest BCUT2D eigenvalue weighted by molar-refractivity contribution is 9.10. The third-order valence-electron chi connectivity index (χ3n) is 6.56. The van der Waals surface area contributed by atoms with Crippen LogP contribution in [0.25, 0.3) is 0 Å². The number of benzene rings is 4. The predicted molar refractivity (Wildman–Crippen MR) is 173 cm³/mol. The van der Waals surface area contributed by atoms with Crippen LogP contribution in [0.15, 0.2) is 93.9 Å². The molecule has 0 aliphatic carbocycles. The van der Waals surface area contributed by atoms with E-state index in [1.807, 2.05) is 60.7 Å². The van der Waals surface area contributed by atoms with Crippen LogP contribution in [0.2, 0.25) is 0 Å². The lowest BCUT2D eigenvalue weighted by molar-refractivity contribution is 0.0271. The Morgan fingerprint density at radius 1 is 0.452 bits per heavy atom. The largest absolute Gasteiger partial charge is 0.496 e. The molecule has 0 saturated heterocycles. The Morgan fingerprint density at radius 2 is 0.929 bits per heavy atom. The molecular weight excluding hydrogens is 664 g/mol. The van der Waals surface area contributed by atoms with Gasteiger partial charge in [0.05, 0.1) is 49.6 Å². The number of hydrogen-bond donors (Lipinski definition) is 0. The monoisotopic (exact) mass is 698 g/mol. The van der Waals surface area contributed by atoms with Gasteiger partial charge in [-0.3, -0.25) is 0 Å². The average Bonchev–Trinajstić information content (AvgIpc) is 3.00. The molecule has 0 radical (unpaired) electrons. The fourth-order valence-corrected chi connectivity index (χ4v) is 5.65. The first kappa shape index (κ1) is 31.9. The summed E-state index contributed by atoms with van der Waals surface area (Å²) in [7, 11) is 3.37. The molecule has 6 nitrogen and oxygen atoms in total. The first-order valence-electron chi connectivity index (χ1n) is 13.8. The number of ether oxygens (including phenoxy) is 6.